The van der Waals surface area contributed by atoms with E-state index in [9.17, 15) is 9.59 Å². The van der Waals surface area contributed by atoms with E-state index in [4.69, 9.17) is 5.11 Å². The molecule has 2 atom stereocenters. The van der Waals surface area contributed by atoms with Crippen molar-refractivity contribution >= 4 is 17.9 Å². The molecule has 2 aliphatic rings. The van der Waals surface area contributed by atoms with Gasteiger partial charge in [0.2, 0.25) is 0 Å². The Bertz CT molecular complexity index is 718. The molecule has 2 fully saturated rings. The number of urea groups is 1. The Morgan fingerprint density at radius 3 is 2.50 bits per heavy atom. The first-order valence-electron chi connectivity index (χ1n) is 8.72. The second-order valence-electron chi connectivity index (χ2n) is 6.73. The summed E-state index contributed by atoms with van der Waals surface area (Å²) in [5, 5.41) is 12.1. The molecule has 0 spiro atoms. The molecule has 0 aliphatic carbocycles. The van der Waals surface area contributed by atoms with E-state index < -0.39 is 12.2 Å². The number of rotatable bonds is 5. The van der Waals surface area contributed by atoms with Gasteiger partial charge in [-0.25, -0.2) is 4.79 Å². The minimum atomic E-state index is -0.518. The van der Waals surface area contributed by atoms with Crippen LogP contribution in [0, 0.1) is 6.92 Å². The number of hydrogen-bond donors (Lipinski definition) is 2. The minimum absolute atomic E-state index is 0.0645. The van der Waals surface area contributed by atoms with E-state index >= 15 is 0 Å². The van der Waals surface area contributed by atoms with Crippen molar-refractivity contribution in [1.82, 2.24) is 20.0 Å². The summed E-state index contributed by atoms with van der Waals surface area (Å²) < 4.78 is 0. The highest BCUT2D eigenvalue weighted by atomic mass is 16.3. The van der Waals surface area contributed by atoms with Crippen molar-refractivity contribution in [2.75, 3.05) is 27.2 Å². The molecule has 26 heavy (non-hydrogen) atoms. The fraction of sp³-hybridized carbons (Fsp3) is 0.500. The van der Waals surface area contributed by atoms with Crippen molar-refractivity contribution in [1.29, 1.82) is 0 Å². The summed E-state index contributed by atoms with van der Waals surface area (Å²) in [7, 11) is 3.48. The van der Waals surface area contributed by atoms with Gasteiger partial charge in [0.15, 0.2) is 12.0 Å². The highest BCUT2D eigenvalue weighted by molar-refractivity contribution is 6.04. The van der Waals surface area contributed by atoms with Crippen molar-refractivity contribution in [2.24, 2.45) is 4.99 Å². The molecule has 2 saturated heterocycles. The number of aliphatic hydroxyl groups excluding tert-OH is 1. The zero-order valence-corrected chi connectivity index (χ0v) is 15.3. The van der Waals surface area contributed by atoms with Crippen LogP contribution < -0.4 is 5.32 Å². The Morgan fingerprint density at radius 2 is 1.85 bits per heavy atom. The van der Waals surface area contributed by atoms with Gasteiger partial charge in [0, 0.05) is 27.2 Å². The van der Waals surface area contributed by atoms with Crippen molar-refractivity contribution < 1.29 is 14.7 Å². The summed E-state index contributed by atoms with van der Waals surface area (Å²) in [5.74, 6) is 0.333. The molecule has 2 unspecified atom stereocenters. The van der Waals surface area contributed by atoms with Gasteiger partial charge in [0.05, 0.1) is 6.54 Å². The van der Waals surface area contributed by atoms with Crippen LogP contribution >= 0.6 is 0 Å². The van der Waals surface area contributed by atoms with Crippen LogP contribution in [0.1, 0.15) is 17.5 Å². The van der Waals surface area contributed by atoms with E-state index in [0.29, 0.717) is 18.9 Å². The van der Waals surface area contributed by atoms with E-state index in [0.717, 1.165) is 11.1 Å². The van der Waals surface area contributed by atoms with Crippen LogP contribution in [0.5, 0.6) is 0 Å². The average Bonchev–Trinajstić information content (AvgIpc) is 2.96. The monoisotopic (exact) mass is 359 g/mol. The molecule has 140 valence electrons. The van der Waals surface area contributed by atoms with Crippen LogP contribution in [0.15, 0.2) is 29.3 Å². The first-order chi connectivity index (χ1) is 12.4. The number of nitrogens with zero attached hydrogens (tertiary/aromatic N) is 4. The molecular formula is C18H25N5O3. The van der Waals surface area contributed by atoms with Crippen LogP contribution in [-0.2, 0) is 11.3 Å². The van der Waals surface area contributed by atoms with Gasteiger partial charge in [0.1, 0.15) is 6.17 Å². The Hall–Kier alpha value is -2.61. The van der Waals surface area contributed by atoms with Crippen LogP contribution in [0.4, 0.5) is 4.79 Å². The van der Waals surface area contributed by atoms with Crippen LogP contribution in [0.3, 0.4) is 0 Å². The number of guanidine groups is 1. The topological polar surface area (TPSA) is 88.5 Å². The number of benzene rings is 1. The fourth-order valence-electron chi connectivity index (χ4n) is 3.26. The Morgan fingerprint density at radius 1 is 1.15 bits per heavy atom. The largest absolute Gasteiger partial charge is 0.396 e. The second-order valence-corrected chi connectivity index (χ2v) is 6.73. The van der Waals surface area contributed by atoms with Gasteiger partial charge in [0.25, 0.3) is 5.91 Å². The van der Waals surface area contributed by atoms with Crippen molar-refractivity contribution in [3.63, 3.8) is 0 Å². The van der Waals surface area contributed by atoms with Crippen molar-refractivity contribution in [3.05, 3.63) is 35.4 Å². The summed E-state index contributed by atoms with van der Waals surface area (Å²) in [6.45, 7) is 2.77. The predicted octanol–water partition coefficient (Wildman–Crippen LogP) is 0.357. The molecule has 0 aromatic heterocycles. The number of aryl methyl sites for hydroxylation is 1. The molecular weight excluding hydrogens is 334 g/mol. The van der Waals surface area contributed by atoms with Crippen molar-refractivity contribution in [3.8, 4) is 0 Å². The fourth-order valence-corrected chi connectivity index (χ4v) is 3.26. The minimum Gasteiger partial charge on any atom is -0.396 e. The predicted molar refractivity (Wildman–Crippen MR) is 97.4 cm³/mol. The number of nitrogens with one attached hydrogen (secondary N) is 1. The Kier molecular flexibility index (Phi) is 5.13. The summed E-state index contributed by atoms with van der Waals surface area (Å²) in [4.78, 5) is 34.8. The van der Waals surface area contributed by atoms with E-state index in [1.54, 1.807) is 23.9 Å². The molecule has 0 radical (unpaired) electrons. The number of aliphatic hydroxyl groups is 1. The third kappa shape index (κ3) is 3.24. The quantitative estimate of drug-likeness (QED) is 0.741. The lowest BCUT2D eigenvalue weighted by Gasteiger charge is -2.40. The number of fused-ring (bicyclic) bond motifs is 1. The number of hydrogen-bond acceptors (Lipinski definition) is 4. The maximum atomic E-state index is 13.0. The van der Waals surface area contributed by atoms with Gasteiger partial charge < -0.3 is 20.2 Å². The summed E-state index contributed by atoms with van der Waals surface area (Å²) in [6.07, 6.45) is 0.110. The number of carbonyl (C=O) groups excluding carboxylic acids is 2. The number of aliphatic imine (C=N–C) groups is 1. The zero-order chi connectivity index (χ0) is 18.8. The average molecular weight is 359 g/mol. The standard InChI is InChI=1S/C18H25N5O3/c1-12-5-7-13(8-6-12)11-23-16(25)14-15(22(3)18(23)26)20-17(21(14)2)19-9-4-10-24/h5-8,14-15,24H,4,9-11H2,1-3H3,(H,19,20). The smallest absolute Gasteiger partial charge is 0.328 e. The van der Waals surface area contributed by atoms with E-state index in [-0.39, 0.29) is 25.1 Å². The Labute approximate surface area is 153 Å². The van der Waals surface area contributed by atoms with E-state index in [1.165, 1.54) is 4.90 Å². The number of carbonyl (C=O) groups is 2. The highest BCUT2D eigenvalue weighted by Crippen LogP contribution is 2.25. The molecule has 0 bridgehead atoms. The number of amides is 3. The van der Waals surface area contributed by atoms with Gasteiger partial charge in [-0.2, -0.15) is 0 Å². The lowest BCUT2D eigenvalue weighted by molar-refractivity contribution is -0.137. The third-order valence-corrected chi connectivity index (χ3v) is 4.84. The molecule has 2 aliphatic heterocycles. The summed E-state index contributed by atoms with van der Waals surface area (Å²) in [5.41, 5.74) is 2.04. The summed E-state index contributed by atoms with van der Waals surface area (Å²) in [6, 6.07) is 6.96. The molecule has 8 nitrogen and oxygen atoms in total. The first kappa shape index (κ1) is 18.2. The van der Waals surface area contributed by atoms with Gasteiger partial charge in [-0.05, 0) is 18.9 Å². The highest BCUT2D eigenvalue weighted by Gasteiger charge is 2.51. The van der Waals surface area contributed by atoms with Crippen LogP contribution in [0.2, 0.25) is 0 Å². The molecule has 0 saturated carbocycles. The molecule has 3 rings (SSSR count). The van der Waals surface area contributed by atoms with Gasteiger partial charge >= 0.3 is 6.03 Å². The van der Waals surface area contributed by atoms with Crippen molar-refractivity contribution in [2.45, 2.75) is 32.1 Å². The molecule has 8 heteroatoms. The lowest BCUT2D eigenvalue weighted by atomic mass is 10.1. The summed E-state index contributed by atoms with van der Waals surface area (Å²) >= 11 is 0. The van der Waals surface area contributed by atoms with Gasteiger partial charge in [-0.3, -0.25) is 14.7 Å². The third-order valence-electron chi connectivity index (χ3n) is 4.84. The molecule has 1 aromatic rings. The Balaban J connectivity index is 1.81. The SMILES string of the molecule is Cc1ccc(CN2C(=O)C3C(NC(=NCCCO)N3C)N(C)C2=O)cc1. The van der Waals surface area contributed by atoms with Crippen LogP contribution in [0.25, 0.3) is 0 Å². The van der Waals surface area contributed by atoms with Gasteiger partial charge in [-0.1, -0.05) is 29.8 Å². The second kappa shape index (κ2) is 7.33. The number of imide groups is 1. The maximum absolute atomic E-state index is 13.0. The first-order valence-corrected chi connectivity index (χ1v) is 8.72. The number of likely N-dealkylation sites (N-methyl/N-ethyl adjacent to an activating group) is 2. The molecule has 3 amide bonds. The van der Waals surface area contributed by atoms with E-state index in [2.05, 4.69) is 10.3 Å². The normalized spacial score (nSPS) is 24.3. The molecule has 2 N–H and O–H groups in total. The van der Waals surface area contributed by atoms with E-state index in [1.807, 2.05) is 31.2 Å². The lowest BCUT2D eigenvalue weighted by Crippen LogP contribution is -2.65. The van der Waals surface area contributed by atoms with Crippen LogP contribution in [-0.4, -0.2) is 77.2 Å². The zero-order valence-electron chi connectivity index (χ0n) is 15.3. The maximum Gasteiger partial charge on any atom is 0.328 e. The molecule has 2 heterocycles. The molecule has 1 aromatic carbocycles. The van der Waals surface area contributed by atoms with Gasteiger partial charge in [-0.15, -0.1) is 0 Å².